The van der Waals surface area contributed by atoms with Crippen molar-refractivity contribution in [1.82, 2.24) is 9.97 Å². The van der Waals surface area contributed by atoms with Gasteiger partial charge in [-0.25, -0.2) is 4.98 Å². The van der Waals surface area contributed by atoms with Crippen LogP contribution in [0.2, 0.25) is 5.02 Å². The van der Waals surface area contributed by atoms with Gasteiger partial charge in [0, 0.05) is 7.11 Å². The molecule has 0 radical (unpaired) electrons. The van der Waals surface area contributed by atoms with Crippen molar-refractivity contribution in [2.24, 2.45) is 0 Å². The molecule has 25 heavy (non-hydrogen) atoms. The molecule has 0 spiro atoms. The normalized spacial score (nSPS) is 10.6. The maximum Gasteiger partial charge on any atom is 0.275 e. The molecule has 3 rings (SSSR count). The Bertz CT molecular complexity index is 902. The van der Waals surface area contributed by atoms with E-state index in [2.05, 4.69) is 15.3 Å². The number of nitrogens with zero attached hydrogens (tertiary/aromatic N) is 2. The zero-order chi connectivity index (χ0) is 17.6. The Hall–Kier alpha value is -2.70. The average Bonchev–Trinajstić information content (AvgIpc) is 2.63. The van der Waals surface area contributed by atoms with E-state index in [1.54, 1.807) is 31.4 Å². The Labute approximate surface area is 149 Å². The van der Waals surface area contributed by atoms with Gasteiger partial charge in [0.15, 0.2) is 5.75 Å². The Morgan fingerprint density at radius 1 is 1.12 bits per heavy atom. The molecule has 6 nitrogen and oxygen atoms in total. The van der Waals surface area contributed by atoms with Gasteiger partial charge in [-0.2, -0.15) is 0 Å². The number of rotatable bonds is 6. The van der Waals surface area contributed by atoms with Crippen LogP contribution in [0.3, 0.4) is 0 Å². The summed E-state index contributed by atoms with van der Waals surface area (Å²) in [5.41, 5.74) is 2.05. The molecule has 0 saturated carbocycles. The first-order chi connectivity index (χ1) is 12.2. The molecule has 128 valence electrons. The number of carbonyl (C=O) groups excluding carboxylic acids is 1. The number of methoxy groups -OCH3 is 1. The lowest BCUT2D eigenvalue weighted by Gasteiger charge is -2.13. The standard InChI is InChI=1S/C18H16ClN3O3/c1-24-9-10-25-17-12(19)5-4-8-15(17)22-18(23)16-11-20-13-6-2-3-7-14(13)21-16/h2-8,11H,9-10H2,1H3,(H,22,23). The zero-order valence-electron chi connectivity index (χ0n) is 13.5. The first-order valence-corrected chi connectivity index (χ1v) is 8.00. The van der Waals surface area contributed by atoms with Crippen molar-refractivity contribution in [1.29, 1.82) is 0 Å². The van der Waals surface area contributed by atoms with Gasteiger partial charge in [0.05, 0.1) is 34.5 Å². The number of ether oxygens (including phenoxy) is 2. The number of hydrogen-bond donors (Lipinski definition) is 1. The number of para-hydroxylation sites is 3. The van der Waals surface area contributed by atoms with Crippen molar-refractivity contribution >= 4 is 34.2 Å². The van der Waals surface area contributed by atoms with Gasteiger partial charge in [-0.15, -0.1) is 0 Å². The molecule has 0 atom stereocenters. The maximum absolute atomic E-state index is 12.5. The van der Waals surface area contributed by atoms with Crippen LogP contribution in [0.25, 0.3) is 11.0 Å². The summed E-state index contributed by atoms with van der Waals surface area (Å²) in [7, 11) is 1.58. The second kappa shape index (κ2) is 7.92. The minimum absolute atomic E-state index is 0.210. The summed E-state index contributed by atoms with van der Waals surface area (Å²) in [4.78, 5) is 21.1. The van der Waals surface area contributed by atoms with Gasteiger partial charge in [-0.05, 0) is 24.3 Å². The van der Waals surface area contributed by atoms with Crippen LogP contribution in [0.5, 0.6) is 5.75 Å². The van der Waals surface area contributed by atoms with Gasteiger partial charge in [0.2, 0.25) is 0 Å². The van der Waals surface area contributed by atoms with Crippen LogP contribution in [0.1, 0.15) is 10.5 Å². The number of amides is 1. The van der Waals surface area contributed by atoms with Crippen molar-refractivity contribution in [3.05, 3.63) is 59.4 Å². The van der Waals surface area contributed by atoms with E-state index in [9.17, 15) is 4.79 Å². The summed E-state index contributed by atoms with van der Waals surface area (Å²) < 4.78 is 10.6. The lowest BCUT2D eigenvalue weighted by atomic mass is 10.2. The Morgan fingerprint density at radius 2 is 1.92 bits per heavy atom. The van der Waals surface area contributed by atoms with E-state index in [-0.39, 0.29) is 5.69 Å². The molecule has 1 amide bonds. The first kappa shape index (κ1) is 17.1. The lowest BCUT2D eigenvalue weighted by molar-refractivity contribution is 0.102. The summed E-state index contributed by atoms with van der Waals surface area (Å²) in [6.07, 6.45) is 1.44. The number of fused-ring (bicyclic) bond motifs is 1. The van der Waals surface area contributed by atoms with Crippen molar-refractivity contribution in [3.63, 3.8) is 0 Å². The fraction of sp³-hybridized carbons (Fsp3) is 0.167. The van der Waals surface area contributed by atoms with E-state index in [1.165, 1.54) is 6.20 Å². The Kier molecular flexibility index (Phi) is 5.42. The fourth-order valence-corrected chi connectivity index (χ4v) is 2.46. The molecule has 0 aliphatic rings. The number of nitrogens with one attached hydrogen (secondary N) is 1. The molecule has 0 fully saturated rings. The van der Waals surface area contributed by atoms with E-state index >= 15 is 0 Å². The highest BCUT2D eigenvalue weighted by molar-refractivity contribution is 6.32. The van der Waals surface area contributed by atoms with E-state index in [0.717, 1.165) is 5.52 Å². The van der Waals surface area contributed by atoms with Crippen LogP contribution in [0.4, 0.5) is 5.69 Å². The number of anilines is 1. The number of hydrogen-bond acceptors (Lipinski definition) is 5. The molecule has 2 aromatic carbocycles. The molecule has 0 aliphatic heterocycles. The van der Waals surface area contributed by atoms with Crippen molar-refractivity contribution in [2.45, 2.75) is 0 Å². The largest absolute Gasteiger partial charge is 0.487 e. The number of aromatic nitrogens is 2. The highest BCUT2D eigenvalue weighted by atomic mass is 35.5. The number of carbonyl (C=O) groups is 1. The third kappa shape index (κ3) is 4.04. The quantitative estimate of drug-likeness (QED) is 0.683. The van der Waals surface area contributed by atoms with Gasteiger partial charge in [-0.3, -0.25) is 9.78 Å². The SMILES string of the molecule is COCCOc1c(Cl)cccc1NC(=O)c1cnc2ccccc2n1. The maximum atomic E-state index is 12.5. The highest BCUT2D eigenvalue weighted by Crippen LogP contribution is 2.33. The van der Waals surface area contributed by atoms with Crippen LogP contribution in [0, 0.1) is 0 Å². The predicted molar refractivity (Wildman–Crippen MR) is 96.3 cm³/mol. The number of halogens is 1. The highest BCUT2D eigenvalue weighted by Gasteiger charge is 2.14. The van der Waals surface area contributed by atoms with Crippen LogP contribution in [0.15, 0.2) is 48.7 Å². The summed E-state index contributed by atoms with van der Waals surface area (Å²) in [6, 6.07) is 12.5. The third-order valence-corrected chi connectivity index (χ3v) is 3.73. The summed E-state index contributed by atoms with van der Waals surface area (Å²) >= 11 is 6.17. The second-order valence-corrected chi connectivity index (χ2v) is 5.56. The molecule has 1 heterocycles. The van der Waals surface area contributed by atoms with Crippen LogP contribution < -0.4 is 10.1 Å². The van der Waals surface area contributed by atoms with E-state index < -0.39 is 5.91 Å². The Balaban J connectivity index is 1.83. The molecule has 1 aromatic heterocycles. The van der Waals surface area contributed by atoms with Gasteiger partial charge >= 0.3 is 0 Å². The molecular formula is C18H16ClN3O3. The van der Waals surface area contributed by atoms with E-state index in [4.69, 9.17) is 21.1 Å². The molecule has 0 aliphatic carbocycles. The van der Waals surface area contributed by atoms with Gasteiger partial charge < -0.3 is 14.8 Å². The fourth-order valence-electron chi connectivity index (χ4n) is 2.23. The predicted octanol–water partition coefficient (Wildman–Crippen LogP) is 3.56. The van der Waals surface area contributed by atoms with Crippen molar-refractivity contribution < 1.29 is 14.3 Å². The number of benzene rings is 2. The first-order valence-electron chi connectivity index (χ1n) is 7.62. The minimum Gasteiger partial charge on any atom is -0.487 e. The second-order valence-electron chi connectivity index (χ2n) is 5.16. The molecule has 0 saturated heterocycles. The lowest BCUT2D eigenvalue weighted by Crippen LogP contribution is -2.15. The summed E-state index contributed by atoms with van der Waals surface area (Å²) in [6.45, 7) is 0.730. The molecule has 3 aromatic rings. The van der Waals surface area contributed by atoms with Crippen molar-refractivity contribution in [3.8, 4) is 5.75 Å². The van der Waals surface area contributed by atoms with Gasteiger partial charge in [0.1, 0.15) is 12.3 Å². The smallest absolute Gasteiger partial charge is 0.275 e. The van der Waals surface area contributed by atoms with E-state index in [0.29, 0.717) is 35.2 Å². The van der Waals surface area contributed by atoms with Crippen LogP contribution >= 0.6 is 11.6 Å². The zero-order valence-corrected chi connectivity index (χ0v) is 14.3. The summed E-state index contributed by atoms with van der Waals surface area (Å²) in [5.74, 6) is 0.000395. The van der Waals surface area contributed by atoms with Gasteiger partial charge in [-0.1, -0.05) is 29.8 Å². The van der Waals surface area contributed by atoms with Crippen molar-refractivity contribution in [2.75, 3.05) is 25.6 Å². The molecule has 7 heteroatoms. The topological polar surface area (TPSA) is 73.3 Å². The average molecular weight is 358 g/mol. The van der Waals surface area contributed by atoms with Crippen LogP contribution in [-0.2, 0) is 4.74 Å². The third-order valence-electron chi connectivity index (χ3n) is 3.43. The minimum atomic E-state index is -0.392. The summed E-state index contributed by atoms with van der Waals surface area (Å²) in [5, 5.41) is 3.17. The molecular weight excluding hydrogens is 342 g/mol. The van der Waals surface area contributed by atoms with Gasteiger partial charge in [0.25, 0.3) is 5.91 Å². The van der Waals surface area contributed by atoms with E-state index in [1.807, 2.05) is 18.2 Å². The Morgan fingerprint density at radius 3 is 2.72 bits per heavy atom. The molecule has 0 bridgehead atoms. The molecule has 1 N–H and O–H groups in total. The van der Waals surface area contributed by atoms with Crippen LogP contribution in [-0.4, -0.2) is 36.2 Å². The molecule has 0 unspecified atom stereocenters. The monoisotopic (exact) mass is 357 g/mol.